The topological polar surface area (TPSA) is 122 Å². The number of carboxylic acid groups (broad SMARTS) is 2. The Morgan fingerprint density at radius 3 is 2.48 bits per heavy atom. The van der Waals surface area contributed by atoms with Crippen molar-refractivity contribution in [3.63, 3.8) is 0 Å². The number of rotatable bonds is 4. The van der Waals surface area contributed by atoms with Crippen molar-refractivity contribution in [3.05, 3.63) is 29.5 Å². The summed E-state index contributed by atoms with van der Waals surface area (Å²) in [4.78, 5) is 38.5. The van der Waals surface area contributed by atoms with E-state index in [2.05, 4.69) is 27.1 Å². The van der Waals surface area contributed by atoms with Crippen LogP contribution in [-0.2, 0) is 32.2 Å². The molecular formula is C19H23N3O6S. The van der Waals surface area contributed by atoms with Gasteiger partial charge in [0.1, 0.15) is 5.82 Å². The van der Waals surface area contributed by atoms with Crippen molar-refractivity contribution in [2.24, 2.45) is 0 Å². The number of fused-ring (bicyclic) bond motifs is 1. The number of hydrogen-bond acceptors (Lipinski definition) is 6. The van der Waals surface area contributed by atoms with Gasteiger partial charge < -0.3 is 24.4 Å². The summed E-state index contributed by atoms with van der Waals surface area (Å²) in [6.07, 6.45) is 5.59. The maximum absolute atomic E-state index is 12.6. The highest BCUT2D eigenvalue weighted by atomic mass is 32.1. The lowest BCUT2D eigenvalue weighted by Gasteiger charge is -2.41. The Morgan fingerprint density at radius 1 is 1.24 bits per heavy atom. The Morgan fingerprint density at radius 2 is 1.97 bits per heavy atom. The summed E-state index contributed by atoms with van der Waals surface area (Å²) in [5.74, 6) is -2.48. The van der Waals surface area contributed by atoms with E-state index in [9.17, 15) is 4.79 Å². The van der Waals surface area contributed by atoms with Gasteiger partial charge in [-0.05, 0) is 30.7 Å². The van der Waals surface area contributed by atoms with Crippen LogP contribution in [0.5, 0.6) is 0 Å². The van der Waals surface area contributed by atoms with E-state index in [4.69, 9.17) is 24.5 Å². The first kappa shape index (κ1) is 21.0. The van der Waals surface area contributed by atoms with Crippen molar-refractivity contribution in [2.45, 2.75) is 44.4 Å². The van der Waals surface area contributed by atoms with Gasteiger partial charge in [0, 0.05) is 20.2 Å². The second-order valence-corrected chi connectivity index (χ2v) is 7.98. The van der Waals surface area contributed by atoms with Gasteiger partial charge in [-0.15, -0.1) is 11.3 Å². The zero-order valence-electron chi connectivity index (χ0n) is 16.0. The second kappa shape index (κ2) is 8.75. The maximum atomic E-state index is 12.6. The number of carboxylic acids is 2. The molecule has 2 aliphatic rings. The molecule has 2 N–H and O–H groups in total. The summed E-state index contributed by atoms with van der Waals surface area (Å²) in [5, 5.41) is 16.9. The SMILES string of the molecule is COC1(CC(=O)N2CCn3c(-c4cccs4)cnc3C2)CCC1.O=C(O)C(=O)O. The van der Waals surface area contributed by atoms with Gasteiger partial charge in [-0.1, -0.05) is 6.07 Å². The molecule has 0 spiro atoms. The van der Waals surface area contributed by atoms with Gasteiger partial charge in [-0.25, -0.2) is 14.6 Å². The molecule has 2 aromatic rings. The number of aromatic nitrogens is 2. The van der Waals surface area contributed by atoms with Crippen LogP contribution in [0.4, 0.5) is 0 Å². The first-order chi connectivity index (χ1) is 13.8. The van der Waals surface area contributed by atoms with E-state index >= 15 is 0 Å². The Kier molecular flexibility index (Phi) is 6.33. The number of carbonyl (C=O) groups excluding carboxylic acids is 1. The monoisotopic (exact) mass is 421 g/mol. The number of amides is 1. The lowest BCUT2D eigenvalue weighted by atomic mass is 9.77. The standard InChI is InChI=1S/C17H21N3O2S.C2H2O4/c1-22-17(5-3-6-17)10-16(21)19-7-8-20-13(11-18-15(20)12-19)14-4-2-9-23-14;3-1(4)2(5)6/h2,4,9,11H,3,5-8,10,12H2,1H3;(H,3,4)(H,5,6). The molecule has 10 heteroatoms. The van der Waals surface area contributed by atoms with Crippen molar-refractivity contribution in [3.8, 4) is 10.6 Å². The number of imidazole rings is 1. The molecule has 0 saturated heterocycles. The molecule has 9 nitrogen and oxygen atoms in total. The Hall–Kier alpha value is -2.72. The highest BCUT2D eigenvalue weighted by molar-refractivity contribution is 7.13. The summed E-state index contributed by atoms with van der Waals surface area (Å²) >= 11 is 1.72. The summed E-state index contributed by atoms with van der Waals surface area (Å²) in [6.45, 7) is 2.17. The van der Waals surface area contributed by atoms with E-state index < -0.39 is 11.9 Å². The fourth-order valence-corrected chi connectivity index (χ4v) is 4.25. The van der Waals surface area contributed by atoms with Crippen LogP contribution in [0.15, 0.2) is 23.7 Å². The predicted octanol–water partition coefficient (Wildman–Crippen LogP) is 2.07. The molecule has 0 atom stereocenters. The Balaban J connectivity index is 0.000000353. The van der Waals surface area contributed by atoms with Gasteiger partial charge in [0.15, 0.2) is 0 Å². The predicted molar refractivity (Wildman–Crippen MR) is 104 cm³/mol. The van der Waals surface area contributed by atoms with Gasteiger partial charge in [0.2, 0.25) is 5.91 Å². The van der Waals surface area contributed by atoms with Crippen molar-refractivity contribution in [1.29, 1.82) is 0 Å². The number of hydrogen-bond donors (Lipinski definition) is 2. The average molecular weight is 421 g/mol. The fraction of sp³-hybridized carbons (Fsp3) is 0.474. The van der Waals surface area contributed by atoms with Crippen molar-refractivity contribution in [1.82, 2.24) is 14.5 Å². The third-order valence-electron chi connectivity index (χ3n) is 5.34. The van der Waals surface area contributed by atoms with E-state index in [1.807, 2.05) is 11.1 Å². The van der Waals surface area contributed by atoms with Crippen LogP contribution in [0.3, 0.4) is 0 Å². The first-order valence-corrected chi connectivity index (χ1v) is 10.1. The lowest BCUT2D eigenvalue weighted by Crippen LogP contribution is -2.46. The molecule has 2 aromatic heterocycles. The third kappa shape index (κ3) is 4.65. The van der Waals surface area contributed by atoms with Crippen LogP contribution in [0, 0.1) is 0 Å². The van der Waals surface area contributed by atoms with Gasteiger partial charge >= 0.3 is 11.9 Å². The lowest BCUT2D eigenvalue weighted by molar-refractivity contribution is -0.159. The summed E-state index contributed by atoms with van der Waals surface area (Å²) in [6, 6.07) is 4.17. The number of nitrogens with zero attached hydrogens (tertiary/aromatic N) is 3. The van der Waals surface area contributed by atoms with Crippen LogP contribution >= 0.6 is 11.3 Å². The van der Waals surface area contributed by atoms with Crippen molar-refractivity contribution in [2.75, 3.05) is 13.7 Å². The molecule has 3 heterocycles. The molecule has 1 fully saturated rings. The number of methoxy groups -OCH3 is 1. The number of carbonyl (C=O) groups is 3. The van der Waals surface area contributed by atoms with E-state index in [1.165, 1.54) is 4.88 Å². The van der Waals surface area contributed by atoms with E-state index in [-0.39, 0.29) is 11.5 Å². The van der Waals surface area contributed by atoms with Crippen LogP contribution in [-0.4, -0.2) is 61.8 Å². The van der Waals surface area contributed by atoms with Crippen LogP contribution in [0.1, 0.15) is 31.5 Å². The molecule has 0 bridgehead atoms. The van der Waals surface area contributed by atoms with Gasteiger partial charge in [-0.3, -0.25) is 4.79 Å². The molecule has 1 saturated carbocycles. The first-order valence-electron chi connectivity index (χ1n) is 9.22. The molecule has 4 rings (SSSR count). The minimum Gasteiger partial charge on any atom is -0.473 e. The van der Waals surface area contributed by atoms with Gasteiger partial charge in [0.05, 0.1) is 35.3 Å². The van der Waals surface area contributed by atoms with Crippen LogP contribution in [0.2, 0.25) is 0 Å². The smallest absolute Gasteiger partial charge is 0.414 e. The van der Waals surface area contributed by atoms with E-state index in [0.717, 1.165) is 43.9 Å². The van der Waals surface area contributed by atoms with E-state index in [0.29, 0.717) is 13.0 Å². The molecule has 156 valence electrons. The summed E-state index contributed by atoms with van der Waals surface area (Å²) in [5.41, 5.74) is 0.959. The molecule has 29 heavy (non-hydrogen) atoms. The average Bonchev–Trinajstić information content (AvgIpc) is 3.33. The summed E-state index contributed by atoms with van der Waals surface area (Å²) < 4.78 is 7.83. The number of ether oxygens (including phenoxy) is 1. The van der Waals surface area contributed by atoms with Crippen LogP contribution in [0.25, 0.3) is 10.6 Å². The third-order valence-corrected chi connectivity index (χ3v) is 6.24. The number of thiophene rings is 1. The largest absolute Gasteiger partial charge is 0.473 e. The molecule has 1 aliphatic heterocycles. The molecule has 0 aromatic carbocycles. The Bertz CT molecular complexity index is 870. The highest BCUT2D eigenvalue weighted by Crippen LogP contribution is 2.38. The molecule has 1 amide bonds. The van der Waals surface area contributed by atoms with E-state index in [1.54, 1.807) is 18.4 Å². The minimum atomic E-state index is -1.82. The molecule has 1 aliphatic carbocycles. The fourth-order valence-electron chi connectivity index (χ4n) is 3.51. The number of aliphatic carboxylic acids is 2. The second-order valence-electron chi connectivity index (χ2n) is 7.03. The van der Waals surface area contributed by atoms with Gasteiger partial charge in [-0.2, -0.15) is 0 Å². The van der Waals surface area contributed by atoms with Crippen LogP contribution < -0.4 is 0 Å². The maximum Gasteiger partial charge on any atom is 0.414 e. The van der Waals surface area contributed by atoms with Crippen molar-refractivity contribution < 1.29 is 29.3 Å². The Labute approximate surface area is 171 Å². The molecule has 0 radical (unpaired) electrons. The highest BCUT2D eigenvalue weighted by Gasteiger charge is 2.40. The van der Waals surface area contributed by atoms with Crippen molar-refractivity contribution >= 4 is 29.2 Å². The minimum absolute atomic E-state index is 0.193. The van der Waals surface area contributed by atoms with Gasteiger partial charge in [0.25, 0.3) is 0 Å². The molecular weight excluding hydrogens is 398 g/mol. The summed E-state index contributed by atoms with van der Waals surface area (Å²) in [7, 11) is 1.72. The quantitative estimate of drug-likeness (QED) is 0.725. The zero-order chi connectivity index (χ0) is 21.0. The normalized spacial score (nSPS) is 16.8. The molecule has 0 unspecified atom stereocenters. The zero-order valence-corrected chi connectivity index (χ0v) is 16.9.